The molecule has 0 bridgehead atoms. The highest BCUT2D eigenvalue weighted by Crippen LogP contribution is 2.23. The largest absolute Gasteiger partial charge is 0.333 e. The van der Waals surface area contributed by atoms with Crippen LogP contribution in [-0.4, -0.2) is 21.3 Å². The van der Waals surface area contributed by atoms with E-state index >= 15 is 0 Å². The average molecular weight is 281 g/mol. The molecule has 0 saturated heterocycles. The predicted molar refractivity (Wildman–Crippen MR) is 74.4 cm³/mol. The van der Waals surface area contributed by atoms with E-state index in [1.165, 1.54) is 5.48 Å². The van der Waals surface area contributed by atoms with E-state index in [2.05, 4.69) is 10.1 Å². The minimum atomic E-state index is -0.814. The van der Waals surface area contributed by atoms with E-state index in [0.717, 1.165) is 11.1 Å². The van der Waals surface area contributed by atoms with Crippen LogP contribution in [0.1, 0.15) is 10.6 Å². The second kappa shape index (κ2) is 5.56. The lowest BCUT2D eigenvalue weighted by atomic mass is 10.0. The minimum Gasteiger partial charge on any atom is -0.333 e. The summed E-state index contributed by atoms with van der Waals surface area (Å²) in [5.74, 6) is -0.821. The first-order valence-electron chi connectivity index (χ1n) is 6.22. The third-order valence-corrected chi connectivity index (χ3v) is 2.97. The van der Waals surface area contributed by atoms with Crippen molar-refractivity contribution >= 4 is 5.91 Å². The summed E-state index contributed by atoms with van der Waals surface area (Å²) in [6.07, 6.45) is 0. The molecule has 0 unspecified atom stereocenters. The van der Waals surface area contributed by atoms with Gasteiger partial charge in [0.2, 0.25) is 0 Å². The molecule has 2 aromatic carbocycles. The van der Waals surface area contributed by atoms with E-state index in [1.807, 2.05) is 54.6 Å². The van der Waals surface area contributed by atoms with Crippen molar-refractivity contribution in [3.05, 3.63) is 60.4 Å². The van der Waals surface area contributed by atoms with Crippen molar-refractivity contribution in [2.24, 2.45) is 0 Å². The van der Waals surface area contributed by atoms with Crippen LogP contribution in [0.5, 0.6) is 0 Å². The van der Waals surface area contributed by atoms with E-state index < -0.39 is 5.91 Å². The molecule has 0 spiro atoms. The van der Waals surface area contributed by atoms with Gasteiger partial charge in [0.15, 0.2) is 0 Å². The molecule has 21 heavy (non-hydrogen) atoms. The minimum absolute atomic E-state index is 0.216. The van der Waals surface area contributed by atoms with Crippen LogP contribution in [0.4, 0.5) is 0 Å². The molecule has 104 valence electrons. The molecule has 1 heterocycles. The fourth-order valence-corrected chi connectivity index (χ4v) is 1.92. The topological polar surface area (TPSA) is 88.2 Å². The normalized spacial score (nSPS) is 10.3. The van der Waals surface area contributed by atoms with Gasteiger partial charge in [-0.2, -0.15) is 4.98 Å². The standard InChI is InChI=1S/C15H11N3O3/c19-14(17-20)13-16-15(21-18-13)12-8-6-11(7-9-12)10-4-2-1-3-5-10/h1-9,20H,(H,17,19). The zero-order chi connectivity index (χ0) is 14.7. The summed E-state index contributed by atoms with van der Waals surface area (Å²) in [6.45, 7) is 0. The number of carbonyl (C=O) groups excluding carboxylic acids is 1. The molecule has 0 aliphatic carbocycles. The number of hydrogen-bond donors (Lipinski definition) is 2. The van der Waals surface area contributed by atoms with Gasteiger partial charge in [-0.25, -0.2) is 5.48 Å². The van der Waals surface area contributed by atoms with Crippen LogP contribution in [0.3, 0.4) is 0 Å². The lowest BCUT2D eigenvalue weighted by Gasteiger charge is -2.01. The van der Waals surface area contributed by atoms with Gasteiger partial charge in [-0.15, -0.1) is 0 Å². The van der Waals surface area contributed by atoms with Gasteiger partial charge in [-0.3, -0.25) is 10.0 Å². The van der Waals surface area contributed by atoms with Gasteiger partial charge in [0.1, 0.15) is 0 Å². The highest BCUT2D eigenvalue weighted by atomic mass is 16.5. The van der Waals surface area contributed by atoms with Crippen molar-refractivity contribution in [2.75, 3.05) is 0 Å². The molecular weight excluding hydrogens is 270 g/mol. The van der Waals surface area contributed by atoms with Crippen LogP contribution < -0.4 is 5.48 Å². The molecule has 2 N–H and O–H groups in total. The molecule has 3 aromatic rings. The fraction of sp³-hybridized carbons (Fsp3) is 0. The Bertz CT molecular complexity index is 751. The third-order valence-electron chi connectivity index (χ3n) is 2.97. The van der Waals surface area contributed by atoms with E-state index in [1.54, 1.807) is 0 Å². The Morgan fingerprint density at radius 1 is 0.952 bits per heavy atom. The Labute approximate surface area is 120 Å². The van der Waals surface area contributed by atoms with Crippen LogP contribution in [0.2, 0.25) is 0 Å². The van der Waals surface area contributed by atoms with E-state index in [-0.39, 0.29) is 11.7 Å². The first-order chi connectivity index (χ1) is 10.3. The van der Waals surface area contributed by atoms with E-state index in [9.17, 15) is 4.79 Å². The van der Waals surface area contributed by atoms with Gasteiger partial charge in [0, 0.05) is 5.56 Å². The number of benzene rings is 2. The smallest absolute Gasteiger partial charge is 0.316 e. The summed E-state index contributed by atoms with van der Waals surface area (Å²) in [4.78, 5) is 15.1. The van der Waals surface area contributed by atoms with Crippen LogP contribution >= 0.6 is 0 Å². The van der Waals surface area contributed by atoms with E-state index in [4.69, 9.17) is 9.73 Å². The van der Waals surface area contributed by atoms with Crippen LogP contribution in [0, 0.1) is 0 Å². The Morgan fingerprint density at radius 3 is 2.24 bits per heavy atom. The molecular formula is C15H11N3O3. The summed E-state index contributed by atoms with van der Waals surface area (Å²) in [5, 5.41) is 12.0. The van der Waals surface area contributed by atoms with Gasteiger partial charge in [0.25, 0.3) is 11.7 Å². The quantitative estimate of drug-likeness (QED) is 0.569. The monoisotopic (exact) mass is 281 g/mol. The van der Waals surface area contributed by atoms with Crippen molar-refractivity contribution in [3.63, 3.8) is 0 Å². The van der Waals surface area contributed by atoms with Crippen molar-refractivity contribution in [2.45, 2.75) is 0 Å². The number of hydroxylamine groups is 1. The number of aromatic nitrogens is 2. The third kappa shape index (κ3) is 2.65. The molecule has 0 aliphatic heterocycles. The Balaban J connectivity index is 1.87. The molecule has 0 radical (unpaired) electrons. The molecule has 3 rings (SSSR count). The average Bonchev–Trinajstić information content (AvgIpc) is 3.05. The molecule has 1 amide bonds. The van der Waals surface area contributed by atoms with Crippen LogP contribution in [0.25, 0.3) is 22.6 Å². The Kier molecular flexibility index (Phi) is 3.44. The predicted octanol–water partition coefficient (Wildman–Crippen LogP) is 2.52. The summed E-state index contributed by atoms with van der Waals surface area (Å²) in [7, 11) is 0. The number of nitrogens with one attached hydrogen (secondary N) is 1. The number of carbonyl (C=O) groups is 1. The Morgan fingerprint density at radius 2 is 1.57 bits per heavy atom. The maximum absolute atomic E-state index is 11.2. The van der Waals surface area contributed by atoms with Gasteiger partial charge in [-0.05, 0) is 23.3 Å². The zero-order valence-corrected chi connectivity index (χ0v) is 10.9. The second-order valence-electron chi connectivity index (χ2n) is 4.31. The molecule has 1 aromatic heterocycles. The second-order valence-corrected chi connectivity index (χ2v) is 4.31. The highest BCUT2D eigenvalue weighted by Gasteiger charge is 2.14. The van der Waals surface area contributed by atoms with Crippen molar-refractivity contribution < 1.29 is 14.5 Å². The molecule has 0 saturated carbocycles. The lowest BCUT2D eigenvalue weighted by Crippen LogP contribution is -2.19. The van der Waals surface area contributed by atoms with Gasteiger partial charge >= 0.3 is 5.91 Å². The number of hydrogen-bond acceptors (Lipinski definition) is 5. The molecule has 0 aliphatic rings. The van der Waals surface area contributed by atoms with Gasteiger partial charge in [0.05, 0.1) is 0 Å². The Hall–Kier alpha value is -2.99. The van der Waals surface area contributed by atoms with Gasteiger partial charge < -0.3 is 4.52 Å². The maximum atomic E-state index is 11.2. The molecule has 6 heteroatoms. The van der Waals surface area contributed by atoms with Crippen molar-refractivity contribution in [1.29, 1.82) is 0 Å². The molecule has 0 fully saturated rings. The summed E-state index contributed by atoms with van der Waals surface area (Å²) in [5.41, 5.74) is 4.32. The number of nitrogens with zero attached hydrogens (tertiary/aromatic N) is 2. The molecule has 0 atom stereocenters. The summed E-state index contributed by atoms with van der Waals surface area (Å²) in [6, 6.07) is 17.5. The van der Waals surface area contributed by atoms with Crippen LogP contribution in [0.15, 0.2) is 59.1 Å². The zero-order valence-electron chi connectivity index (χ0n) is 10.9. The van der Waals surface area contributed by atoms with Gasteiger partial charge in [-0.1, -0.05) is 47.6 Å². The van der Waals surface area contributed by atoms with E-state index in [0.29, 0.717) is 5.56 Å². The number of amides is 1. The fourth-order valence-electron chi connectivity index (χ4n) is 1.92. The molecule has 6 nitrogen and oxygen atoms in total. The number of rotatable bonds is 3. The first kappa shape index (κ1) is 13.0. The SMILES string of the molecule is O=C(NO)c1noc(-c2ccc(-c3ccccc3)cc2)n1. The summed E-state index contributed by atoms with van der Waals surface area (Å²) < 4.78 is 4.99. The highest BCUT2D eigenvalue weighted by molar-refractivity contribution is 5.89. The lowest BCUT2D eigenvalue weighted by molar-refractivity contribution is 0.0691. The maximum Gasteiger partial charge on any atom is 0.316 e. The van der Waals surface area contributed by atoms with Crippen molar-refractivity contribution in [1.82, 2.24) is 15.6 Å². The first-order valence-corrected chi connectivity index (χ1v) is 6.22. The summed E-state index contributed by atoms with van der Waals surface area (Å²) >= 11 is 0. The van der Waals surface area contributed by atoms with Crippen LogP contribution in [-0.2, 0) is 0 Å². The van der Waals surface area contributed by atoms with Crippen molar-refractivity contribution in [3.8, 4) is 22.6 Å².